The van der Waals surface area contributed by atoms with Gasteiger partial charge in [0.05, 0.1) is 6.61 Å². The average Bonchev–Trinajstić information content (AvgIpc) is 2.88. The largest absolute Gasteiger partial charge is 0.206 e. The van der Waals surface area contributed by atoms with Gasteiger partial charge in [-0.05, 0) is 31.6 Å². The van der Waals surface area contributed by atoms with Crippen molar-refractivity contribution >= 4 is 0 Å². The molecule has 0 aromatic rings. The Morgan fingerprint density at radius 1 is 1.31 bits per heavy atom. The summed E-state index contributed by atoms with van der Waals surface area (Å²) in [6, 6.07) is 0. The lowest BCUT2D eigenvalue weighted by Gasteiger charge is -2.20. The smallest absolute Gasteiger partial charge is 0.125 e. The molecule has 2 aliphatic rings. The Kier molecular flexibility index (Phi) is 4.38. The molecule has 0 aromatic carbocycles. The van der Waals surface area contributed by atoms with Crippen molar-refractivity contribution in [3.8, 4) is 0 Å². The van der Waals surface area contributed by atoms with E-state index in [-0.39, 0.29) is 5.60 Å². The zero-order valence-corrected chi connectivity index (χ0v) is 10.1. The van der Waals surface area contributed by atoms with Gasteiger partial charge in [-0.15, -0.1) is 0 Å². The summed E-state index contributed by atoms with van der Waals surface area (Å²) in [4.78, 5) is 10.4. The minimum absolute atomic E-state index is 0.173. The van der Waals surface area contributed by atoms with Crippen molar-refractivity contribution in [2.45, 2.75) is 57.5 Å². The molecular formula is C13H22O3. The second-order valence-corrected chi connectivity index (χ2v) is 4.96. The highest BCUT2D eigenvalue weighted by molar-refractivity contribution is 5.17. The Balaban J connectivity index is 1.50. The lowest BCUT2D eigenvalue weighted by Crippen LogP contribution is -2.25. The molecule has 92 valence electrons. The third-order valence-corrected chi connectivity index (χ3v) is 3.55. The Morgan fingerprint density at radius 2 is 2.25 bits per heavy atom. The standard InChI is InChI=1S/C13H22O3/c1-2-3-4-5-10-14-16-15-13-8-6-12(11-13)7-9-13/h6,8,12H,2-5,7,9-11H2,1H3. The fraction of sp³-hybridized carbons (Fsp3) is 0.846. The van der Waals surface area contributed by atoms with E-state index in [2.05, 4.69) is 19.1 Å². The maximum atomic E-state index is 5.38. The van der Waals surface area contributed by atoms with Gasteiger partial charge in [-0.2, -0.15) is 4.89 Å². The van der Waals surface area contributed by atoms with E-state index in [1.165, 1.54) is 25.7 Å². The third-order valence-electron chi connectivity index (χ3n) is 3.55. The van der Waals surface area contributed by atoms with Crippen LogP contribution in [0.1, 0.15) is 51.9 Å². The van der Waals surface area contributed by atoms with Crippen molar-refractivity contribution < 1.29 is 14.8 Å². The molecule has 0 heterocycles. The van der Waals surface area contributed by atoms with Gasteiger partial charge in [-0.25, -0.2) is 4.89 Å². The summed E-state index contributed by atoms with van der Waals surface area (Å²) in [6.45, 7) is 2.83. The second kappa shape index (κ2) is 5.80. The highest BCUT2D eigenvalue weighted by atomic mass is 17.5. The van der Waals surface area contributed by atoms with E-state index in [0.29, 0.717) is 12.5 Å². The fourth-order valence-corrected chi connectivity index (χ4v) is 2.52. The van der Waals surface area contributed by atoms with Crippen LogP contribution < -0.4 is 0 Å². The maximum absolute atomic E-state index is 5.38. The van der Waals surface area contributed by atoms with E-state index < -0.39 is 0 Å². The maximum Gasteiger partial charge on any atom is 0.125 e. The molecule has 2 atom stereocenters. The molecule has 0 saturated heterocycles. The van der Waals surface area contributed by atoms with Crippen molar-refractivity contribution in [2.75, 3.05) is 6.61 Å². The van der Waals surface area contributed by atoms with Crippen LogP contribution in [0.2, 0.25) is 0 Å². The van der Waals surface area contributed by atoms with Crippen LogP contribution in [-0.2, 0) is 14.8 Å². The molecule has 0 N–H and O–H groups in total. The summed E-state index contributed by atoms with van der Waals surface area (Å²) in [5.74, 6) is 0.702. The first-order valence-corrected chi connectivity index (χ1v) is 6.51. The second-order valence-electron chi connectivity index (χ2n) is 4.96. The lowest BCUT2D eigenvalue weighted by molar-refractivity contribution is -0.537. The molecule has 0 radical (unpaired) electrons. The average molecular weight is 226 g/mol. The number of allylic oxidation sites excluding steroid dienone is 1. The molecule has 2 bridgehead atoms. The predicted molar refractivity (Wildman–Crippen MR) is 61.5 cm³/mol. The normalized spacial score (nSPS) is 31.4. The highest BCUT2D eigenvalue weighted by Gasteiger charge is 2.43. The Labute approximate surface area is 97.6 Å². The summed E-state index contributed by atoms with van der Waals surface area (Å²) in [5, 5.41) is 4.87. The minimum atomic E-state index is -0.173. The van der Waals surface area contributed by atoms with Crippen LogP contribution in [0.5, 0.6) is 0 Å². The van der Waals surface area contributed by atoms with Gasteiger partial charge in [0.1, 0.15) is 5.60 Å². The summed E-state index contributed by atoms with van der Waals surface area (Å²) < 4.78 is 0. The van der Waals surface area contributed by atoms with Gasteiger partial charge >= 0.3 is 0 Å². The molecule has 3 heteroatoms. The third kappa shape index (κ3) is 3.06. The molecule has 2 aliphatic carbocycles. The van der Waals surface area contributed by atoms with Crippen LogP contribution >= 0.6 is 0 Å². The molecular weight excluding hydrogens is 204 g/mol. The van der Waals surface area contributed by atoms with Crippen molar-refractivity contribution in [1.82, 2.24) is 0 Å². The molecule has 2 rings (SSSR count). The van der Waals surface area contributed by atoms with E-state index in [9.17, 15) is 0 Å². The van der Waals surface area contributed by atoms with E-state index in [1.54, 1.807) is 0 Å². The quantitative estimate of drug-likeness (QED) is 0.274. The van der Waals surface area contributed by atoms with Crippen LogP contribution in [-0.4, -0.2) is 12.2 Å². The van der Waals surface area contributed by atoms with Crippen LogP contribution in [0, 0.1) is 5.92 Å². The Hall–Kier alpha value is -0.380. The van der Waals surface area contributed by atoms with E-state index in [4.69, 9.17) is 14.8 Å². The molecule has 1 fully saturated rings. The van der Waals surface area contributed by atoms with Gasteiger partial charge in [0.25, 0.3) is 0 Å². The molecule has 1 saturated carbocycles. The molecule has 2 unspecified atom stereocenters. The van der Waals surface area contributed by atoms with E-state index in [1.807, 2.05) is 0 Å². The lowest BCUT2D eigenvalue weighted by atomic mass is 10.0. The first kappa shape index (κ1) is 12.1. The van der Waals surface area contributed by atoms with Gasteiger partial charge in [-0.1, -0.05) is 43.4 Å². The number of hydrogen-bond acceptors (Lipinski definition) is 3. The summed E-state index contributed by atoms with van der Waals surface area (Å²) in [5.41, 5.74) is -0.173. The molecule has 3 nitrogen and oxygen atoms in total. The van der Waals surface area contributed by atoms with Crippen molar-refractivity contribution in [1.29, 1.82) is 0 Å². The summed E-state index contributed by atoms with van der Waals surface area (Å²) in [6.07, 6.45) is 12.5. The Bertz CT molecular complexity index is 239. The van der Waals surface area contributed by atoms with Gasteiger partial charge < -0.3 is 0 Å². The highest BCUT2D eigenvalue weighted by Crippen LogP contribution is 2.44. The molecule has 0 amide bonds. The number of fused-ring (bicyclic) bond motifs is 2. The first-order valence-electron chi connectivity index (χ1n) is 6.51. The molecule has 16 heavy (non-hydrogen) atoms. The van der Waals surface area contributed by atoms with Crippen LogP contribution in [0.4, 0.5) is 0 Å². The van der Waals surface area contributed by atoms with Crippen molar-refractivity contribution in [2.24, 2.45) is 5.92 Å². The van der Waals surface area contributed by atoms with Gasteiger partial charge in [0, 0.05) is 0 Å². The van der Waals surface area contributed by atoms with Gasteiger partial charge in [0.15, 0.2) is 0 Å². The van der Waals surface area contributed by atoms with Crippen molar-refractivity contribution in [3.05, 3.63) is 12.2 Å². The fourth-order valence-electron chi connectivity index (χ4n) is 2.52. The number of hydrogen-bond donors (Lipinski definition) is 0. The molecule has 0 aromatic heterocycles. The summed E-state index contributed by atoms with van der Waals surface area (Å²) >= 11 is 0. The monoisotopic (exact) mass is 226 g/mol. The van der Waals surface area contributed by atoms with Gasteiger partial charge in [0.2, 0.25) is 0 Å². The predicted octanol–water partition coefficient (Wildman–Crippen LogP) is 3.56. The van der Waals surface area contributed by atoms with Gasteiger partial charge in [-0.3, -0.25) is 0 Å². The Morgan fingerprint density at radius 3 is 2.88 bits per heavy atom. The minimum Gasteiger partial charge on any atom is -0.206 e. The SMILES string of the molecule is CCCCCCOOOC12C=CC(CC1)C2. The van der Waals surface area contributed by atoms with Crippen molar-refractivity contribution in [3.63, 3.8) is 0 Å². The number of rotatable bonds is 8. The van der Waals surface area contributed by atoms with Crippen LogP contribution in [0.25, 0.3) is 0 Å². The first-order chi connectivity index (χ1) is 7.85. The topological polar surface area (TPSA) is 27.7 Å². The van der Waals surface area contributed by atoms with Crippen LogP contribution in [0.3, 0.4) is 0 Å². The molecule has 0 aliphatic heterocycles. The zero-order valence-electron chi connectivity index (χ0n) is 10.1. The van der Waals surface area contributed by atoms with Crippen LogP contribution in [0.15, 0.2) is 12.2 Å². The van der Waals surface area contributed by atoms with E-state index in [0.717, 1.165) is 19.3 Å². The number of unbranched alkanes of at least 4 members (excludes halogenated alkanes) is 3. The molecule has 0 spiro atoms. The zero-order chi connectivity index (χ0) is 11.3. The summed E-state index contributed by atoms with van der Waals surface area (Å²) in [7, 11) is 0. The van der Waals surface area contributed by atoms with E-state index >= 15 is 0 Å².